The maximum atomic E-state index is 10.1. The molecule has 0 amide bonds. The number of aliphatic hydroxyl groups excluding tert-OH is 1. The topological polar surface area (TPSA) is 20.2 Å². The molecule has 3 heteroatoms. The molecular weight excluding hydrogens is 300 g/mol. The zero-order chi connectivity index (χ0) is 12.3. The molecule has 1 N–H and O–H groups in total. The minimum atomic E-state index is -0.499. The summed E-state index contributed by atoms with van der Waals surface area (Å²) in [5, 5.41) is 10.8. The van der Waals surface area contributed by atoms with E-state index in [0.717, 1.165) is 15.6 Å². The first kappa shape index (κ1) is 12.6. The lowest BCUT2D eigenvalue weighted by Gasteiger charge is -2.11. The quantitative estimate of drug-likeness (QED) is 0.892. The molecule has 1 nitrogen and oxygen atoms in total. The van der Waals surface area contributed by atoms with Gasteiger partial charge in [-0.3, -0.25) is 0 Å². The van der Waals surface area contributed by atoms with E-state index in [1.165, 1.54) is 0 Å². The van der Waals surface area contributed by atoms with Crippen molar-refractivity contribution in [3.8, 4) is 0 Å². The molecule has 1 unspecified atom stereocenters. The summed E-state index contributed by atoms with van der Waals surface area (Å²) >= 11 is 9.23. The predicted molar refractivity (Wildman–Crippen MR) is 74.3 cm³/mol. The Labute approximate surface area is 114 Å². The van der Waals surface area contributed by atoms with Crippen LogP contribution in [0.3, 0.4) is 0 Å². The molecule has 2 aromatic carbocycles. The highest BCUT2D eigenvalue weighted by Gasteiger charge is 2.08. The Morgan fingerprint density at radius 1 is 1.12 bits per heavy atom. The van der Waals surface area contributed by atoms with Crippen LogP contribution in [0.1, 0.15) is 17.2 Å². The molecule has 0 bridgehead atoms. The van der Waals surface area contributed by atoms with Gasteiger partial charge in [0.1, 0.15) is 0 Å². The van der Waals surface area contributed by atoms with Crippen molar-refractivity contribution in [1.29, 1.82) is 0 Å². The summed E-state index contributed by atoms with van der Waals surface area (Å²) in [7, 11) is 0. The van der Waals surface area contributed by atoms with E-state index in [0.29, 0.717) is 11.4 Å². The molecular formula is C14H12BrClO. The molecule has 0 aliphatic rings. The van der Waals surface area contributed by atoms with Gasteiger partial charge in [0.25, 0.3) is 0 Å². The molecule has 0 radical (unpaired) electrons. The smallest absolute Gasteiger partial charge is 0.0830 e. The maximum Gasteiger partial charge on any atom is 0.0830 e. The van der Waals surface area contributed by atoms with Crippen molar-refractivity contribution in [2.75, 3.05) is 0 Å². The molecule has 0 saturated heterocycles. The van der Waals surface area contributed by atoms with Gasteiger partial charge in [-0.2, -0.15) is 0 Å². The van der Waals surface area contributed by atoms with Gasteiger partial charge in [-0.15, -0.1) is 0 Å². The molecule has 0 aromatic heterocycles. The third-order valence-electron chi connectivity index (χ3n) is 2.57. The molecule has 2 rings (SSSR count). The summed E-state index contributed by atoms with van der Waals surface area (Å²) in [5.74, 6) is 0. The Kier molecular flexibility index (Phi) is 4.21. The Balaban J connectivity index is 2.11. The number of benzene rings is 2. The Hall–Kier alpha value is -0.830. The van der Waals surface area contributed by atoms with Gasteiger partial charge >= 0.3 is 0 Å². The predicted octanol–water partition coefficient (Wildman–Crippen LogP) is 4.38. The Morgan fingerprint density at radius 2 is 1.82 bits per heavy atom. The summed E-state index contributed by atoms with van der Waals surface area (Å²) in [6.07, 6.45) is 0.0997. The zero-order valence-electron chi connectivity index (χ0n) is 9.11. The van der Waals surface area contributed by atoms with Crippen LogP contribution in [-0.4, -0.2) is 5.11 Å². The van der Waals surface area contributed by atoms with Crippen LogP contribution in [0.5, 0.6) is 0 Å². The molecule has 0 fully saturated rings. The summed E-state index contributed by atoms with van der Waals surface area (Å²) in [4.78, 5) is 0. The first-order valence-corrected chi connectivity index (χ1v) is 6.50. The lowest BCUT2D eigenvalue weighted by Crippen LogP contribution is -2.01. The van der Waals surface area contributed by atoms with Crippen LogP contribution < -0.4 is 0 Å². The van der Waals surface area contributed by atoms with Crippen molar-refractivity contribution in [3.05, 3.63) is 69.2 Å². The van der Waals surface area contributed by atoms with Crippen LogP contribution in [-0.2, 0) is 6.42 Å². The minimum Gasteiger partial charge on any atom is -0.388 e. The molecule has 0 aliphatic heterocycles. The van der Waals surface area contributed by atoms with Gasteiger partial charge < -0.3 is 5.11 Å². The normalized spacial score (nSPS) is 12.4. The molecule has 0 spiro atoms. The van der Waals surface area contributed by atoms with Crippen molar-refractivity contribution < 1.29 is 5.11 Å². The van der Waals surface area contributed by atoms with Crippen molar-refractivity contribution >= 4 is 27.5 Å². The standard InChI is InChI=1S/C14H12BrClO/c15-12-3-1-2-10(8-12)9-14(17)11-4-6-13(16)7-5-11/h1-8,14,17H,9H2. The fraction of sp³-hybridized carbons (Fsp3) is 0.143. The number of aliphatic hydroxyl groups is 1. The highest BCUT2D eigenvalue weighted by molar-refractivity contribution is 9.10. The van der Waals surface area contributed by atoms with Gasteiger partial charge in [-0.05, 0) is 35.4 Å². The van der Waals surface area contributed by atoms with E-state index in [9.17, 15) is 5.11 Å². The molecule has 0 saturated carbocycles. The lowest BCUT2D eigenvalue weighted by atomic mass is 10.0. The van der Waals surface area contributed by atoms with Crippen molar-refractivity contribution in [2.45, 2.75) is 12.5 Å². The van der Waals surface area contributed by atoms with Gasteiger partial charge in [-0.25, -0.2) is 0 Å². The van der Waals surface area contributed by atoms with Crippen LogP contribution >= 0.6 is 27.5 Å². The average Bonchev–Trinajstić information content (AvgIpc) is 2.29. The third-order valence-corrected chi connectivity index (χ3v) is 3.32. The molecule has 1 atom stereocenters. The van der Waals surface area contributed by atoms with Crippen molar-refractivity contribution in [1.82, 2.24) is 0 Å². The summed E-state index contributed by atoms with van der Waals surface area (Å²) < 4.78 is 1.03. The lowest BCUT2D eigenvalue weighted by molar-refractivity contribution is 0.178. The van der Waals surface area contributed by atoms with E-state index >= 15 is 0 Å². The first-order chi connectivity index (χ1) is 8.15. The summed E-state index contributed by atoms with van der Waals surface area (Å²) in [6, 6.07) is 15.2. The van der Waals surface area contributed by atoms with Gasteiger partial charge in [0, 0.05) is 15.9 Å². The monoisotopic (exact) mass is 310 g/mol. The number of hydrogen-bond acceptors (Lipinski definition) is 1. The van der Waals surface area contributed by atoms with Crippen molar-refractivity contribution in [2.24, 2.45) is 0 Å². The van der Waals surface area contributed by atoms with Gasteiger partial charge in [0.05, 0.1) is 6.10 Å². The molecule has 17 heavy (non-hydrogen) atoms. The van der Waals surface area contributed by atoms with Gasteiger partial charge in [-0.1, -0.05) is 51.8 Å². The first-order valence-electron chi connectivity index (χ1n) is 5.33. The molecule has 88 valence electrons. The van der Waals surface area contributed by atoms with Gasteiger partial charge in [0.15, 0.2) is 0 Å². The molecule has 0 heterocycles. The van der Waals surface area contributed by atoms with Crippen LogP contribution in [0.4, 0.5) is 0 Å². The fourth-order valence-electron chi connectivity index (χ4n) is 1.69. The van der Waals surface area contributed by atoms with Crippen molar-refractivity contribution in [3.63, 3.8) is 0 Å². The summed E-state index contributed by atoms with van der Waals surface area (Å²) in [6.45, 7) is 0. The maximum absolute atomic E-state index is 10.1. The van der Waals surface area contributed by atoms with Crippen LogP contribution in [0.25, 0.3) is 0 Å². The molecule has 0 aliphatic carbocycles. The van der Waals surface area contributed by atoms with Crippen LogP contribution in [0.15, 0.2) is 53.0 Å². The summed E-state index contributed by atoms with van der Waals surface area (Å²) in [5.41, 5.74) is 1.98. The van der Waals surface area contributed by atoms with E-state index in [1.54, 1.807) is 12.1 Å². The van der Waals surface area contributed by atoms with E-state index in [1.807, 2.05) is 36.4 Å². The highest BCUT2D eigenvalue weighted by atomic mass is 79.9. The second-order valence-corrected chi connectivity index (χ2v) is 5.25. The van der Waals surface area contributed by atoms with E-state index in [-0.39, 0.29) is 0 Å². The Morgan fingerprint density at radius 3 is 2.47 bits per heavy atom. The highest BCUT2D eigenvalue weighted by Crippen LogP contribution is 2.21. The second kappa shape index (κ2) is 5.67. The number of rotatable bonds is 3. The van der Waals surface area contributed by atoms with E-state index < -0.39 is 6.10 Å². The average molecular weight is 312 g/mol. The second-order valence-electron chi connectivity index (χ2n) is 3.90. The van der Waals surface area contributed by atoms with Crippen LogP contribution in [0.2, 0.25) is 5.02 Å². The minimum absolute atomic E-state index is 0.499. The SMILES string of the molecule is OC(Cc1cccc(Br)c1)c1ccc(Cl)cc1. The zero-order valence-corrected chi connectivity index (χ0v) is 11.4. The van der Waals surface area contributed by atoms with E-state index in [4.69, 9.17) is 11.6 Å². The van der Waals surface area contributed by atoms with Gasteiger partial charge in [0.2, 0.25) is 0 Å². The van der Waals surface area contributed by atoms with E-state index in [2.05, 4.69) is 15.9 Å². The molecule has 2 aromatic rings. The third kappa shape index (κ3) is 3.56. The number of halogens is 2. The van der Waals surface area contributed by atoms with Crippen LogP contribution in [0, 0.1) is 0 Å². The fourth-order valence-corrected chi connectivity index (χ4v) is 2.26. The Bertz CT molecular complexity index is 496. The number of hydrogen-bond donors (Lipinski definition) is 1. The largest absolute Gasteiger partial charge is 0.388 e.